The number of rotatable bonds is 3. The van der Waals surface area contributed by atoms with Gasteiger partial charge in [0.1, 0.15) is 5.75 Å². The number of nitrogens with one attached hydrogen (secondary N) is 1. The fraction of sp³-hybridized carbons (Fsp3) is 0.500. The van der Waals surface area contributed by atoms with Gasteiger partial charge in [0, 0.05) is 30.7 Å². The third-order valence-corrected chi connectivity index (χ3v) is 3.48. The van der Waals surface area contributed by atoms with Crippen LogP contribution in [0.1, 0.15) is 13.8 Å². The van der Waals surface area contributed by atoms with Crippen molar-refractivity contribution in [3.63, 3.8) is 0 Å². The summed E-state index contributed by atoms with van der Waals surface area (Å²) in [6.45, 7) is 6.20. The number of benzene rings is 1. The zero-order valence-corrected chi connectivity index (χ0v) is 12.0. The second-order valence-electron chi connectivity index (χ2n) is 4.80. The van der Waals surface area contributed by atoms with E-state index in [0.29, 0.717) is 10.8 Å². The lowest BCUT2D eigenvalue weighted by Gasteiger charge is -2.35. The smallest absolute Gasteiger partial charge is 0.263 e. The van der Waals surface area contributed by atoms with Crippen LogP contribution in [0.3, 0.4) is 0 Å². The lowest BCUT2D eigenvalue weighted by molar-refractivity contribution is -0.140. The maximum Gasteiger partial charge on any atom is 0.263 e. The Balaban J connectivity index is 1.99. The molecule has 0 radical (unpaired) electrons. The molecule has 0 saturated carbocycles. The number of hydrogen-bond acceptors (Lipinski definition) is 3. The van der Waals surface area contributed by atoms with E-state index in [1.165, 1.54) is 0 Å². The quantitative estimate of drug-likeness (QED) is 0.921. The van der Waals surface area contributed by atoms with Crippen LogP contribution in [0.2, 0.25) is 5.02 Å². The summed E-state index contributed by atoms with van der Waals surface area (Å²) in [6.07, 6.45) is -0.501. The fourth-order valence-corrected chi connectivity index (χ4v) is 2.38. The summed E-state index contributed by atoms with van der Waals surface area (Å²) >= 11 is 5.90. The highest BCUT2D eigenvalue weighted by Crippen LogP contribution is 2.19. The van der Waals surface area contributed by atoms with Gasteiger partial charge < -0.3 is 15.0 Å². The SMILES string of the molecule is CC(Oc1cccc(Cl)c1)C(=O)N1CCNCC1C. The number of amides is 1. The molecule has 1 amide bonds. The number of carbonyl (C=O) groups is 1. The van der Waals surface area contributed by atoms with Gasteiger partial charge in [0.05, 0.1) is 0 Å². The van der Waals surface area contributed by atoms with Gasteiger partial charge in [0.25, 0.3) is 5.91 Å². The highest BCUT2D eigenvalue weighted by atomic mass is 35.5. The van der Waals surface area contributed by atoms with Gasteiger partial charge in [0.2, 0.25) is 0 Å². The van der Waals surface area contributed by atoms with Gasteiger partial charge >= 0.3 is 0 Å². The molecule has 104 valence electrons. The molecule has 4 nitrogen and oxygen atoms in total. The topological polar surface area (TPSA) is 41.6 Å². The standard InChI is InChI=1S/C14H19ClN2O2/c1-10-9-16-6-7-17(10)14(18)11(2)19-13-5-3-4-12(15)8-13/h3-5,8,10-11,16H,6-7,9H2,1-2H3. The fourth-order valence-electron chi connectivity index (χ4n) is 2.20. The molecule has 1 aromatic rings. The summed E-state index contributed by atoms with van der Waals surface area (Å²) in [5.41, 5.74) is 0. The molecule has 0 aromatic heterocycles. The predicted octanol–water partition coefficient (Wildman–Crippen LogP) is 1.93. The van der Waals surface area contributed by atoms with Gasteiger partial charge in [-0.3, -0.25) is 4.79 Å². The molecule has 1 N–H and O–H groups in total. The van der Waals surface area contributed by atoms with Crippen LogP contribution >= 0.6 is 11.6 Å². The van der Waals surface area contributed by atoms with E-state index in [1.807, 2.05) is 17.9 Å². The first-order valence-corrected chi connectivity index (χ1v) is 6.89. The summed E-state index contributed by atoms with van der Waals surface area (Å²) in [6, 6.07) is 7.30. The van der Waals surface area contributed by atoms with Crippen molar-refractivity contribution in [2.45, 2.75) is 26.0 Å². The van der Waals surface area contributed by atoms with Crippen molar-refractivity contribution < 1.29 is 9.53 Å². The van der Waals surface area contributed by atoms with Gasteiger partial charge in [-0.2, -0.15) is 0 Å². The van der Waals surface area contributed by atoms with Crippen molar-refractivity contribution in [1.82, 2.24) is 10.2 Å². The molecular weight excluding hydrogens is 264 g/mol. The molecule has 1 fully saturated rings. The molecule has 2 unspecified atom stereocenters. The summed E-state index contributed by atoms with van der Waals surface area (Å²) in [7, 11) is 0. The minimum Gasteiger partial charge on any atom is -0.481 e. The van der Waals surface area contributed by atoms with Gasteiger partial charge in [-0.1, -0.05) is 17.7 Å². The van der Waals surface area contributed by atoms with Crippen LogP contribution < -0.4 is 10.1 Å². The molecule has 5 heteroatoms. The first kappa shape index (κ1) is 14.2. The number of piperazine rings is 1. The molecule has 0 spiro atoms. The van der Waals surface area contributed by atoms with E-state index in [1.54, 1.807) is 25.1 Å². The average molecular weight is 283 g/mol. The Morgan fingerprint density at radius 3 is 3.05 bits per heavy atom. The summed E-state index contributed by atoms with van der Waals surface area (Å²) in [5.74, 6) is 0.644. The van der Waals surface area contributed by atoms with Gasteiger partial charge in [-0.25, -0.2) is 0 Å². The molecule has 2 rings (SSSR count). The van der Waals surface area contributed by atoms with E-state index in [0.717, 1.165) is 19.6 Å². The number of nitrogens with zero attached hydrogens (tertiary/aromatic N) is 1. The van der Waals surface area contributed by atoms with Crippen LogP contribution in [0.5, 0.6) is 5.75 Å². The normalized spacial score (nSPS) is 21.0. The Bertz CT molecular complexity index is 453. The number of ether oxygens (including phenoxy) is 1. The highest BCUT2D eigenvalue weighted by molar-refractivity contribution is 6.30. The highest BCUT2D eigenvalue weighted by Gasteiger charge is 2.27. The Labute approximate surface area is 118 Å². The van der Waals surface area contributed by atoms with Crippen molar-refractivity contribution in [3.8, 4) is 5.75 Å². The van der Waals surface area contributed by atoms with Crippen molar-refractivity contribution in [1.29, 1.82) is 0 Å². The van der Waals surface area contributed by atoms with E-state index < -0.39 is 6.10 Å². The zero-order chi connectivity index (χ0) is 13.8. The first-order chi connectivity index (χ1) is 9.08. The average Bonchev–Trinajstić information content (AvgIpc) is 2.38. The van der Waals surface area contributed by atoms with E-state index in [2.05, 4.69) is 5.32 Å². The van der Waals surface area contributed by atoms with Gasteiger partial charge in [-0.15, -0.1) is 0 Å². The van der Waals surface area contributed by atoms with Crippen LogP contribution in [0.15, 0.2) is 24.3 Å². The van der Waals surface area contributed by atoms with E-state index in [4.69, 9.17) is 16.3 Å². The summed E-state index contributed by atoms with van der Waals surface area (Å²) in [5, 5.41) is 3.87. The van der Waals surface area contributed by atoms with E-state index in [9.17, 15) is 4.79 Å². The van der Waals surface area contributed by atoms with Gasteiger partial charge in [-0.05, 0) is 32.0 Å². The zero-order valence-electron chi connectivity index (χ0n) is 11.2. The monoisotopic (exact) mass is 282 g/mol. The van der Waals surface area contributed by atoms with Crippen LogP contribution in [0.25, 0.3) is 0 Å². The molecular formula is C14H19ClN2O2. The Morgan fingerprint density at radius 1 is 1.58 bits per heavy atom. The maximum absolute atomic E-state index is 12.3. The Hall–Kier alpha value is -1.26. The van der Waals surface area contributed by atoms with Gasteiger partial charge in [0.15, 0.2) is 6.10 Å². The molecule has 1 aromatic carbocycles. The summed E-state index contributed by atoms with van der Waals surface area (Å²) < 4.78 is 5.66. The second-order valence-corrected chi connectivity index (χ2v) is 5.24. The van der Waals surface area contributed by atoms with Crippen molar-refractivity contribution in [3.05, 3.63) is 29.3 Å². The molecule has 1 aliphatic rings. The molecule has 1 aliphatic heterocycles. The lowest BCUT2D eigenvalue weighted by Crippen LogP contribution is -2.55. The molecule has 1 saturated heterocycles. The number of carbonyl (C=O) groups excluding carboxylic acids is 1. The molecule has 19 heavy (non-hydrogen) atoms. The van der Waals surface area contributed by atoms with E-state index in [-0.39, 0.29) is 11.9 Å². The lowest BCUT2D eigenvalue weighted by atomic mass is 10.2. The van der Waals surface area contributed by atoms with Crippen LogP contribution in [-0.4, -0.2) is 42.6 Å². The summed E-state index contributed by atoms with van der Waals surface area (Å²) in [4.78, 5) is 14.2. The molecule has 0 bridgehead atoms. The Morgan fingerprint density at radius 2 is 2.37 bits per heavy atom. The van der Waals surface area contributed by atoms with Crippen LogP contribution in [0, 0.1) is 0 Å². The second kappa shape index (κ2) is 6.26. The van der Waals surface area contributed by atoms with E-state index >= 15 is 0 Å². The third kappa shape index (κ3) is 3.61. The largest absolute Gasteiger partial charge is 0.481 e. The van der Waals surface area contributed by atoms with Crippen LogP contribution in [-0.2, 0) is 4.79 Å². The molecule has 2 atom stereocenters. The maximum atomic E-state index is 12.3. The third-order valence-electron chi connectivity index (χ3n) is 3.24. The molecule has 0 aliphatic carbocycles. The minimum absolute atomic E-state index is 0.0222. The Kier molecular flexibility index (Phi) is 4.66. The first-order valence-electron chi connectivity index (χ1n) is 6.51. The van der Waals surface area contributed by atoms with Crippen molar-refractivity contribution in [2.75, 3.05) is 19.6 Å². The van der Waals surface area contributed by atoms with Crippen molar-refractivity contribution >= 4 is 17.5 Å². The predicted molar refractivity (Wildman–Crippen MR) is 75.6 cm³/mol. The van der Waals surface area contributed by atoms with Crippen LogP contribution in [0.4, 0.5) is 0 Å². The number of hydrogen-bond donors (Lipinski definition) is 1. The van der Waals surface area contributed by atoms with Crippen molar-refractivity contribution in [2.24, 2.45) is 0 Å². The number of halogens is 1. The molecule has 1 heterocycles. The minimum atomic E-state index is -0.501.